The molecule has 0 radical (unpaired) electrons. The van der Waals surface area contributed by atoms with Crippen LogP contribution < -0.4 is 10.1 Å². The van der Waals surface area contributed by atoms with Crippen LogP contribution in [-0.2, 0) is 9.53 Å². The summed E-state index contributed by atoms with van der Waals surface area (Å²) in [4.78, 5) is 33.6. The first kappa shape index (κ1) is 22.1. The maximum absolute atomic E-state index is 13.0. The first-order chi connectivity index (χ1) is 16.1. The normalized spacial score (nSPS) is 11.7. The predicted octanol–water partition coefficient (Wildman–Crippen LogP) is 5.20. The lowest BCUT2D eigenvalue weighted by molar-refractivity contribution is -0.124. The zero-order valence-corrected chi connectivity index (χ0v) is 18.5. The number of aromatic nitrogens is 2. The molecule has 0 fully saturated rings. The third-order valence-corrected chi connectivity index (χ3v) is 5.14. The molecule has 4 rings (SSSR count). The van der Waals surface area contributed by atoms with Gasteiger partial charge < -0.3 is 19.8 Å². The van der Waals surface area contributed by atoms with E-state index in [9.17, 15) is 9.59 Å². The summed E-state index contributed by atoms with van der Waals surface area (Å²) in [6, 6.07) is 21.7. The minimum Gasteiger partial charge on any atom is -0.494 e. The quantitative estimate of drug-likeness (QED) is 0.365. The molecule has 168 valence electrons. The Morgan fingerprint density at radius 2 is 1.70 bits per heavy atom. The molecule has 7 heteroatoms. The third-order valence-electron chi connectivity index (χ3n) is 5.14. The number of esters is 1. The summed E-state index contributed by atoms with van der Waals surface area (Å²) in [6.07, 6.45) is -0.602. The van der Waals surface area contributed by atoms with Gasteiger partial charge in [-0.05, 0) is 55.8 Å². The first-order valence-corrected chi connectivity index (χ1v) is 10.9. The van der Waals surface area contributed by atoms with Gasteiger partial charge in [-0.2, -0.15) is 0 Å². The second-order valence-corrected chi connectivity index (χ2v) is 7.40. The fourth-order valence-electron chi connectivity index (χ4n) is 3.49. The number of carbonyl (C=O) groups is 2. The van der Waals surface area contributed by atoms with Gasteiger partial charge in [-0.25, -0.2) is 9.78 Å². The van der Waals surface area contributed by atoms with Gasteiger partial charge in [0.2, 0.25) is 0 Å². The van der Waals surface area contributed by atoms with Gasteiger partial charge in [-0.3, -0.25) is 4.79 Å². The van der Waals surface area contributed by atoms with Crippen LogP contribution in [0.3, 0.4) is 0 Å². The van der Waals surface area contributed by atoms with Crippen molar-refractivity contribution in [1.82, 2.24) is 9.97 Å². The van der Waals surface area contributed by atoms with Crippen LogP contribution in [0.15, 0.2) is 72.8 Å². The number of imidazole rings is 1. The monoisotopic (exact) mass is 443 g/mol. The Balaban J connectivity index is 1.50. The molecule has 0 aliphatic rings. The second-order valence-electron chi connectivity index (χ2n) is 7.40. The minimum absolute atomic E-state index is 0.335. The number of ether oxygens (including phenoxy) is 2. The zero-order chi connectivity index (χ0) is 23.2. The van der Waals surface area contributed by atoms with Crippen molar-refractivity contribution in [2.24, 2.45) is 0 Å². The number of benzene rings is 3. The van der Waals surface area contributed by atoms with Crippen molar-refractivity contribution in [3.8, 4) is 17.1 Å². The lowest BCUT2D eigenvalue weighted by atomic mass is 10.1. The Kier molecular flexibility index (Phi) is 6.69. The van der Waals surface area contributed by atoms with Crippen LogP contribution in [-0.4, -0.2) is 34.6 Å². The molecule has 0 spiro atoms. The summed E-state index contributed by atoms with van der Waals surface area (Å²) in [5, 5.41) is 2.79. The fraction of sp³-hybridized carbons (Fsp3) is 0.192. The van der Waals surface area contributed by atoms with E-state index in [0.717, 1.165) is 16.8 Å². The molecule has 0 aliphatic heterocycles. The van der Waals surface area contributed by atoms with Crippen LogP contribution in [0.4, 0.5) is 5.69 Å². The van der Waals surface area contributed by atoms with Crippen molar-refractivity contribution in [1.29, 1.82) is 0 Å². The van der Waals surface area contributed by atoms with Crippen molar-refractivity contribution in [2.75, 3.05) is 11.9 Å². The van der Waals surface area contributed by atoms with Crippen molar-refractivity contribution < 1.29 is 19.1 Å². The van der Waals surface area contributed by atoms with Crippen LogP contribution in [0.2, 0.25) is 0 Å². The molecule has 4 aromatic rings. The third kappa shape index (κ3) is 5.03. The van der Waals surface area contributed by atoms with Crippen LogP contribution in [0.5, 0.6) is 5.75 Å². The average molecular weight is 444 g/mol. The van der Waals surface area contributed by atoms with Gasteiger partial charge in [0, 0.05) is 11.3 Å². The highest BCUT2D eigenvalue weighted by atomic mass is 16.5. The number of hydrogen-bond donors (Lipinski definition) is 2. The number of para-hydroxylation sites is 2. The molecule has 1 atom stereocenters. The van der Waals surface area contributed by atoms with Crippen LogP contribution >= 0.6 is 0 Å². The standard InChI is InChI=1S/C26H25N3O4/c1-3-23(25(30)27-17-13-15-18(16-14-17)32-4-2)33-26(31)20-10-6-5-9-19(20)24-28-21-11-7-8-12-22(21)29-24/h5-16,23H,3-4H2,1-2H3,(H,27,30)(H,28,29). The fourth-order valence-corrected chi connectivity index (χ4v) is 3.49. The van der Waals surface area contributed by atoms with Crippen LogP contribution in [0.25, 0.3) is 22.4 Å². The Hall–Kier alpha value is -4.13. The molecule has 1 aromatic heterocycles. The Labute approximate surface area is 191 Å². The van der Waals surface area contributed by atoms with E-state index in [1.54, 1.807) is 49.4 Å². The summed E-state index contributed by atoms with van der Waals surface area (Å²) in [5.74, 6) is 0.308. The highest BCUT2D eigenvalue weighted by Gasteiger charge is 2.24. The number of rotatable bonds is 8. The molecule has 0 saturated heterocycles. The first-order valence-electron chi connectivity index (χ1n) is 10.9. The molecule has 0 bridgehead atoms. The van der Waals surface area contributed by atoms with Gasteiger partial charge in [-0.1, -0.05) is 37.3 Å². The highest BCUT2D eigenvalue weighted by molar-refractivity contribution is 6.00. The molecule has 1 amide bonds. The summed E-state index contributed by atoms with van der Waals surface area (Å²) in [5.41, 5.74) is 3.22. The molecular weight excluding hydrogens is 418 g/mol. The number of hydrogen-bond acceptors (Lipinski definition) is 5. The number of carbonyl (C=O) groups excluding carboxylic acids is 2. The van der Waals surface area contributed by atoms with Gasteiger partial charge in [-0.15, -0.1) is 0 Å². The summed E-state index contributed by atoms with van der Waals surface area (Å²) in [6.45, 7) is 4.26. The van der Waals surface area contributed by atoms with E-state index in [4.69, 9.17) is 9.47 Å². The largest absolute Gasteiger partial charge is 0.494 e. The molecule has 7 nitrogen and oxygen atoms in total. The number of fused-ring (bicyclic) bond motifs is 1. The molecule has 1 unspecified atom stereocenters. The maximum atomic E-state index is 13.0. The maximum Gasteiger partial charge on any atom is 0.339 e. The van der Waals surface area contributed by atoms with E-state index in [1.807, 2.05) is 37.3 Å². The van der Waals surface area contributed by atoms with E-state index in [-0.39, 0.29) is 0 Å². The van der Waals surface area contributed by atoms with Gasteiger partial charge >= 0.3 is 5.97 Å². The van der Waals surface area contributed by atoms with Gasteiger partial charge in [0.1, 0.15) is 11.6 Å². The van der Waals surface area contributed by atoms with Crippen molar-refractivity contribution >= 4 is 28.6 Å². The Bertz CT molecular complexity index is 1230. The lowest BCUT2D eigenvalue weighted by Crippen LogP contribution is -2.32. The highest BCUT2D eigenvalue weighted by Crippen LogP contribution is 2.25. The number of amides is 1. The Morgan fingerprint density at radius 1 is 0.970 bits per heavy atom. The molecule has 0 aliphatic carbocycles. The average Bonchev–Trinajstić information content (AvgIpc) is 3.28. The number of nitrogens with one attached hydrogen (secondary N) is 2. The van der Waals surface area contributed by atoms with Crippen molar-refractivity contribution in [2.45, 2.75) is 26.4 Å². The second kappa shape index (κ2) is 9.99. The topological polar surface area (TPSA) is 93.3 Å². The summed E-state index contributed by atoms with van der Waals surface area (Å²) < 4.78 is 11.0. The molecule has 1 heterocycles. The van der Waals surface area contributed by atoms with Crippen molar-refractivity contribution in [3.05, 3.63) is 78.4 Å². The van der Waals surface area contributed by atoms with Gasteiger partial charge in [0.25, 0.3) is 5.91 Å². The van der Waals surface area contributed by atoms with E-state index in [1.165, 1.54) is 0 Å². The summed E-state index contributed by atoms with van der Waals surface area (Å²) >= 11 is 0. The van der Waals surface area contributed by atoms with Crippen LogP contribution in [0, 0.1) is 0 Å². The molecule has 33 heavy (non-hydrogen) atoms. The number of nitrogens with zero attached hydrogens (tertiary/aromatic N) is 1. The summed E-state index contributed by atoms with van der Waals surface area (Å²) in [7, 11) is 0. The number of anilines is 1. The molecule has 3 aromatic carbocycles. The number of H-pyrrole nitrogens is 1. The molecule has 0 saturated carbocycles. The molecular formula is C26H25N3O4. The van der Waals surface area contributed by atoms with E-state index in [0.29, 0.717) is 35.7 Å². The lowest BCUT2D eigenvalue weighted by Gasteiger charge is -2.17. The van der Waals surface area contributed by atoms with Gasteiger partial charge in [0.05, 0.1) is 23.2 Å². The Morgan fingerprint density at radius 3 is 2.42 bits per heavy atom. The van der Waals surface area contributed by atoms with E-state index in [2.05, 4.69) is 15.3 Å². The molecule has 2 N–H and O–H groups in total. The smallest absolute Gasteiger partial charge is 0.339 e. The van der Waals surface area contributed by atoms with E-state index < -0.39 is 18.0 Å². The van der Waals surface area contributed by atoms with Gasteiger partial charge in [0.15, 0.2) is 6.10 Å². The SMILES string of the molecule is CCOc1ccc(NC(=O)C(CC)OC(=O)c2ccccc2-c2nc3ccccc3[nH]2)cc1. The van der Waals surface area contributed by atoms with Crippen molar-refractivity contribution in [3.63, 3.8) is 0 Å². The zero-order valence-electron chi connectivity index (χ0n) is 18.5. The predicted molar refractivity (Wildman–Crippen MR) is 127 cm³/mol. The van der Waals surface area contributed by atoms with E-state index >= 15 is 0 Å². The minimum atomic E-state index is -0.937. The number of aromatic amines is 1. The van der Waals surface area contributed by atoms with Crippen LogP contribution in [0.1, 0.15) is 30.6 Å².